The Morgan fingerprint density at radius 1 is 1.14 bits per heavy atom. The number of H-pyrrole nitrogens is 1. The van der Waals surface area contributed by atoms with E-state index in [1.165, 1.54) is 37.1 Å². The van der Waals surface area contributed by atoms with Crippen molar-refractivity contribution in [3.05, 3.63) is 59.3 Å². The predicted molar refractivity (Wildman–Crippen MR) is 136 cm³/mol. The van der Waals surface area contributed by atoms with E-state index >= 15 is 0 Å². The van der Waals surface area contributed by atoms with Gasteiger partial charge in [0, 0.05) is 42.2 Å². The number of fused-ring (bicyclic) bond motifs is 1. The lowest BCUT2D eigenvalue weighted by Crippen LogP contribution is -2.37. The fourth-order valence-electron chi connectivity index (χ4n) is 5.67. The van der Waals surface area contributed by atoms with Crippen LogP contribution in [-0.4, -0.2) is 37.9 Å². The smallest absolute Gasteiger partial charge is 0.264 e. The Hall–Kier alpha value is -2.84. The van der Waals surface area contributed by atoms with Crippen LogP contribution in [0.2, 0.25) is 0 Å². The van der Waals surface area contributed by atoms with Crippen molar-refractivity contribution >= 4 is 26.8 Å². The number of carbonyl (C=O) groups is 1. The SMILES string of the molecule is COc1cc(C)c2[nH]ccc2c1CN1CCC(C2CC2)C[C@H]1c1ccc(S(=O)(=O)NC(C)=O)cc1. The van der Waals surface area contributed by atoms with Crippen LogP contribution >= 0.6 is 0 Å². The van der Waals surface area contributed by atoms with E-state index in [9.17, 15) is 13.2 Å². The lowest BCUT2D eigenvalue weighted by Gasteiger charge is -2.40. The monoisotopic (exact) mass is 495 g/mol. The number of methoxy groups -OCH3 is 1. The maximum atomic E-state index is 12.4. The van der Waals surface area contributed by atoms with E-state index < -0.39 is 15.9 Å². The first-order valence-corrected chi connectivity index (χ1v) is 13.8. The number of benzene rings is 2. The molecule has 2 aromatic carbocycles. The van der Waals surface area contributed by atoms with Crippen molar-refractivity contribution in [3.63, 3.8) is 0 Å². The predicted octanol–water partition coefficient (Wildman–Crippen LogP) is 4.67. The van der Waals surface area contributed by atoms with Gasteiger partial charge in [-0.1, -0.05) is 12.1 Å². The number of piperidine rings is 1. The van der Waals surface area contributed by atoms with Crippen molar-refractivity contribution in [2.45, 2.75) is 57.0 Å². The van der Waals surface area contributed by atoms with Gasteiger partial charge in [-0.15, -0.1) is 0 Å². The molecule has 1 aromatic heterocycles. The van der Waals surface area contributed by atoms with E-state index in [1.807, 2.05) is 23.1 Å². The summed E-state index contributed by atoms with van der Waals surface area (Å²) < 4.78 is 32.7. The van der Waals surface area contributed by atoms with Crippen LogP contribution < -0.4 is 9.46 Å². The van der Waals surface area contributed by atoms with Crippen LogP contribution in [0, 0.1) is 18.8 Å². The van der Waals surface area contributed by atoms with Crippen LogP contribution in [0.25, 0.3) is 10.9 Å². The first-order valence-electron chi connectivity index (χ1n) is 12.3. The molecule has 1 saturated heterocycles. The van der Waals surface area contributed by atoms with Gasteiger partial charge in [0.05, 0.1) is 12.0 Å². The summed E-state index contributed by atoms with van der Waals surface area (Å²) in [5, 5.41) is 1.18. The Labute approximate surface area is 206 Å². The van der Waals surface area contributed by atoms with Gasteiger partial charge >= 0.3 is 0 Å². The number of ether oxygens (including phenoxy) is 1. The molecule has 2 heterocycles. The molecule has 1 amide bonds. The second-order valence-corrected chi connectivity index (χ2v) is 11.7. The molecule has 35 heavy (non-hydrogen) atoms. The number of nitrogens with zero attached hydrogens (tertiary/aromatic N) is 1. The summed E-state index contributed by atoms with van der Waals surface area (Å²) in [4.78, 5) is 17.3. The molecule has 2 atom stereocenters. The van der Waals surface area contributed by atoms with E-state index in [-0.39, 0.29) is 10.9 Å². The van der Waals surface area contributed by atoms with Crippen LogP contribution in [-0.2, 0) is 21.4 Å². The molecule has 2 N–H and O–H groups in total. The van der Waals surface area contributed by atoms with Crippen molar-refractivity contribution in [1.29, 1.82) is 0 Å². The zero-order chi connectivity index (χ0) is 24.7. The topological polar surface area (TPSA) is 91.5 Å². The third-order valence-electron chi connectivity index (χ3n) is 7.59. The lowest BCUT2D eigenvalue weighted by molar-refractivity contribution is -0.117. The number of likely N-dealkylation sites (tertiary alicyclic amines) is 1. The number of hydrogen-bond acceptors (Lipinski definition) is 5. The van der Waals surface area contributed by atoms with Crippen molar-refractivity contribution in [1.82, 2.24) is 14.6 Å². The maximum Gasteiger partial charge on any atom is 0.264 e. The van der Waals surface area contributed by atoms with Gasteiger partial charge in [0.2, 0.25) is 5.91 Å². The van der Waals surface area contributed by atoms with E-state index in [0.29, 0.717) is 5.92 Å². The highest BCUT2D eigenvalue weighted by atomic mass is 32.2. The van der Waals surface area contributed by atoms with E-state index in [2.05, 4.69) is 28.9 Å². The number of rotatable bonds is 7. The van der Waals surface area contributed by atoms with Crippen LogP contribution in [0.15, 0.2) is 47.5 Å². The fourth-order valence-corrected chi connectivity index (χ4v) is 6.67. The summed E-state index contributed by atoms with van der Waals surface area (Å²) >= 11 is 0. The minimum Gasteiger partial charge on any atom is -0.496 e. The Balaban J connectivity index is 1.47. The summed E-state index contributed by atoms with van der Waals surface area (Å²) in [7, 11) is -2.12. The molecule has 0 radical (unpaired) electrons. The van der Waals surface area contributed by atoms with Crippen molar-refractivity contribution < 1.29 is 17.9 Å². The number of nitrogens with one attached hydrogen (secondary N) is 2. The zero-order valence-electron chi connectivity index (χ0n) is 20.5. The number of amides is 1. The van der Waals surface area contributed by atoms with Gasteiger partial charge in [0.1, 0.15) is 5.75 Å². The Kier molecular flexibility index (Phi) is 6.36. The summed E-state index contributed by atoms with van der Waals surface area (Å²) in [5.74, 6) is 1.83. The van der Waals surface area contributed by atoms with Gasteiger partial charge in [0.15, 0.2) is 0 Å². The number of carbonyl (C=O) groups excluding carboxylic acids is 1. The lowest BCUT2D eigenvalue weighted by atomic mass is 9.84. The summed E-state index contributed by atoms with van der Waals surface area (Å²) in [6, 6.07) is 11.4. The van der Waals surface area contributed by atoms with Gasteiger partial charge in [0.25, 0.3) is 10.0 Å². The van der Waals surface area contributed by atoms with Gasteiger partial charge in [-0.25, -0.2) is 13.1 Å². The zero-order valence-corrected chi connectivity index (χ0v) is 21.3. The molecule has 2 fully saturated rings. The molecule has 186 valence electrons. The third-order valence-corrected chi connectivity index (χ3v) is 9.04. The number of aromatic amines is 1. The highest BCUT2D eigenvalue weighted by Crippen LogP contribution is 2.47. The van der Waals surface area contributed by atoms with E-state index in [1.54, 1.807) is 19.2 Å². The standard InChI is InChI=1S/C27H33N3O4S/c1-17-14-26(34-3)24(23-10-12-28-27(17)23)16-30-13-11-21(19-4-5-19)15-25(30)20-6-8-22(9-7-20)35(32,33)29-18(2)31/h6-10,12,14,19,21,25,28H,4-5,11,13,15-16H2,1-3H3,(H,29,31)/t21?,25-/m0/s1. The maximum absolute atomic E-state index is 12.4. The molecule has 7 nitrogen and oxygen atoms in total. The molecule has 1 aliphatic carbocycles. The molecule has 5 rings (SSSR count). The molecule has 1 aliphatic heterocycles. The third kappa shape index (κ3) is 4.82. The molecule has 3 aromatic rings. The van der Waals surface area contributed by atoms with Crippen molar-refractivity contribution in [2.75, 3.05) is 13.7 Å². The molecular weight excluding hydrogens is 462 g/mol. The largest absolute Gasteiger partial charge is 0.496 e. The van der Waals surface area contributed by atoms with Gasteiger partial charge in [-0.3, -0.25) is 9.69 Å². The minimum absolute atomic E-state index is 0.104. The van der Waals surface area contributed by atoms with Gasteiger partial charge < -0.3 is 9.72 Å². The number of aromatic nitrogens is 1. The summed E-state index contributed by atoms with van der Waals surface area (Å²) in [6.45, 7) is 5.03. The fraction of sp³-hybridized carbons (Fsp3) is 0.444. The van der Waals surface area contributed by atoms with Crippen LogP contribution in [0.5, 0.6) is 5.75 Å². The molecule has 8 heteroatoms. The number of hydrogen-bond donors (Lipinski definition) is 2. The van der Waals surface area contributed by atoms with E-state index in [0.717, 1.165) is 47.8 Å². The first kappa shape index (κ1) is 23.9. The number of aryl methyl sites for hydroxylation is 1. The minimum atomic E-state index is -3.85. The Bertz CT molecular complexity index is 1340. The number of sulfonamides is 1. The second kappa shape index (κ2) is 9.32. The molecule has 1 unspecified atom stereocenters. The van der Waals surface area contributed by atoms with E-state index in [4.69, 9.17) is 4.74 Å². The van der Waals surface area contributed by atoms with Gasteiger partial charge in [-0.05, 0) is 86.4 Å². The Morgan fingerprint density at radius 3 is 2.54 bits per heavy atom. The molecule has 2 aliphatic rings. The molecule has 0 bridgehead atoms. The highest BCUT2D eigenvalue weighted by Gasteiger charge is 2.38. The highest BCUT2D eigenvalue weighted by molar-refractivity contribution is 7.90. The van der Waals surface area contributed by atoms with Crippen molar-refractivity contribution in [3.8, 4) is 5.75 Å². The summed E-state index contributed by atoms with van der Waals surface area (Å²) in [6.07, 6.45) is 6.86. The van der Waals surface area contributed by atoms with Crippen LogP contribution in [0.1, 0.15) is 55.3 Å². The molecule has 0 spiro atoms. The second-order valence-electron chi connectivity index (χ2n) is 9.98. The quantitative estimate of drug-likeness (QED) is 0.497. The van der Waals surface area contributed by atoms with Crippen molar-refractivity contribution in [2.24, 2.45) is 11.8 Å². The average Bonchev–Trinajstić information content (AvgIpc) is 3.56. The van der Waals surface area contributed by atoms with Crippen LogP contribution in [0.4, 0.5) is 0 Å². The molecular formula is C27H33N3O4S. The first-order chi connectivity index (χ1) is 16.8. The summed E-state index contributed by atoms with van der Waals surface area (Å²) in [5.41, 5.74) is 4.57. The van der Waals surface area contributed by atoms with Crippen LogP contribution in [0.3, 0.4) is 0 Å². The normalized spacial score (nSPS) is 21.2. The molecule has 1 saturated carbocycles. The average molecular weight is 496 g/mol. The Morgan fingerprint density at radius 2 is 1.89 bits per heavy atom. The van der Waals surface area contributed by atoms with Gasteiger partial charge in [-0.2, -0.15) is 0 Å².